The first kappa shape index (κ1) is 14.9. The smallest absolute Gasteiger partial charge is 0.145 e. The van der Waals surface area contributed by atoms with Crippen LogP contribution in [-0.2, 0) is 0 Å². The van der Waals surface area contributed by atoms with Crippen molar-refractivity contribution in [3.63, 3.8) is 0 Å². The minimum absolute atomic E-state index is 0.0884. The number of benzene rings is 2. The number of aliphatic hydroxyl groups is 1. The SMILES string of the molecule is N#C/C(=C(/O)c1ccc(Cl)cc1Cl)c1nc2ccccc2s1. The number of para-hydroxylation sites is 1. The summed E-state index contributed by atoms with van der Waals surface area (Å²) in [5.74, 6) is -0.205. The van der Waals surface area contributed by atoms with Crippen LogP contribution in [0.1, 0.15) is 10.6 Å². The lowest BCUT2D eigenvalue weighted by Gasteiger charge is -2.05. The molecule has 0 saturated carbocycles. The van der Waals surface area contributed by atoms with Crippen molar-refractivity contribution in [3.05, 3.63) is 63.1 Å². The Hall–Kier alpha value is -2.06. The molecule has 3 nitrogen and oxygen atoms in total. The fourth-order valence-electron chi connectivity index (χ4n) is 2.00. The summed E-state index contributed by atoms with van der Waals surface area (Å²) >= 11 is 13.3. The normalized spacial score (nSPS) is 12.0. The van der Waals surface area contributed by atoms with Crippen molar-refractivity contribution in [1.82, 2.24) is 4.98 Å². The number of thiazole rings is 1. The molecule has 3 rings (SSSR count). The Morgan fingerprint density at radius 1 is 1.18 bits per heavy atom. The van der Waals surface area contributed by atoms with Crippen LogP contribution in [0.3, 0.4) is 0 Å². The van der Waals surface area contributed by atoms with Crippen LogP contribution >= 0.6 is 34.5 Å². The Balaban J connectivity index is 2.18. The van der Waals surface area contributed by atoms with E-state index in [0.29, 0.717) is 15.6 Å². The van der Waals surface area contributed by atoms with E-state index in [1.807, 2.05) is 30.3 Å². The first-order valence-corrected chi connectivity index (χ1v) is 7.82. The van der Waals surface area contributed by atoms with E-state index in [2.05, 4.69) is 4.98 Å². The van der Waals surface area contributed by atoms with E-state index in [9.17, 15) is 10.4 Å². The lowest BCUT2D eigenvalue weighted by molar-refractivity contribution is 0.514. The number of halogens is 2. The third-order valence-corrected chi connectivity index (χ3v) is 4.64. The average molecular weight is 347 g/mol. The molecule has 0 aliphatic rings. The molecule has 0 radical (unpaired) electrons. The maximum atomic E-state index is 10.4. The monoisotopic (exact) mass is 346 g/mol. The Labute approximate surface area is 140 Å². The number of aliphatic hydroxyl groups excluding tert-OH is 1. The van der Waals surface area contributed by atoms with Gasteiger partial charge in [-0.2, -0.15) is 5.26 Å². The summed E-state index contributed by atoms with van der Waals surface area (Å²) in [6.45, 7) is 0. The van der Waals surface area contributed by atoms with E-state index in [-0.39, 0.29) is 16.4 Å². The molecule has 0 aliphatic heterocycles. The van der Waals surface area contributed by atoms with Gasteiger partial charge in [0.05, 0.1) is 15.2 Å². The molecule has 3 aromatic rings. The van der Waals surface area contributed by atoms with Crippen molar-refractivity contribution >= 4 is 56.1 Å². The molecule has 108 valence electrons. The van der Waals surface area contributed by atoms with E-state index >= 15 is 0 Å². The van der Waals surface area contributed by atoms with E-state index in [1.165, 1.54) is 17.4 Å². The highest BCUT2D eigenvalue weighted by atomic mass is 35.5. The minimum atomic E-state index is -0.205. The van der Waals surface area contributed by atoms with Gasteiger partial charge in [-0.1, -0.05) is 35.3 Å². The van der Waals surface area contributed by atoms with Gasteiger partial charge in [-0.15, -0.1) is 11.3 Å². The fraction of sp³-hybridized carbons (Fsp3) is 0. The second-order valence-electron chi connectivity index (χ2n) is 4.45. The summed E-state index contributed by atoms with van der Waals surface area (Å²) < 4.78 is 0.945. The van der Waals surface area contributed by atoms with E-state index in [1.54, 1.807) is 12.1 Å². The Bertz CT molecular complexity index is 908. The van der Waals surface area contributed by atoms with Gasteiger partial charge in [0, 0.05) is 10.6 Å². The molecule has 0 fully saturated rings. The summed E-state index contributed by atoms with van der Waals surface area (Å²) in [6.07, 6.45) is 0. The summed E-state index contributed by atoms with van der Waals surface area (Å²) in [7, 11) is 0. The largest absolute Gasteiger partial charge is 0.506 e. The first-order valence-electron chi connectivity index (χ1n) is 6.25. The molecular weight excluding hydrogens is 339 g/mol. The first-order chi connectivity index (χ1) is 10.6. The van der Waals surface area contributed by atoms with Gasteiger partial charge in [0.15, 0.2) is 0 Å². The Morgan fingerprint density at radius 2 is 1.95 bits per heavy atom. The number of hydrogen-bond acceptors (Lipinski definition) is 4. The minimum Gasteiger partial charge on any atom is -0.506 e. The number of allylic oxidation sites excluding steroid dienone is 1. The molecule has 0 spiro atoms. The van der Waals surface area contributed by atoms with Gasteiger partial charge in [-0.05, 0) is 30.3 Å². The highest BCUT2D eigenvalue weighted by molar-refractivity contribution is 7.19. The van der Waals surface area contributed by atoms with Crippen molar-refractivity contribution in [2.75, 3.05) is 0 Å². The third-order valence-electron chi connectivity index (χ3n) is 3.04. The van der Waals surface area contributed by atoms with Crippen LogP contribution in [-0.4, -0.2) is 10.1 Å². The van der Waals surface area contributed by atoms with Gasteiger partial charge >= 0.3 is 0 Å². The summed E-state index contributed by atoms with van der Waals surface area (Å²) in [5.41, 5.74) is 1.22. The zero-order valence-corrected chi connectivity index (χ0v) is 13.4. The molecule has 0 amide bonds. The molecular formula is C16H8Cl2N2OS. The quantitative estimate of drug-likeness (QED) is 0.488. The number of aromatic nitrogens is 1. The molecule has 6 heteroatoms. The Morgan fingerprint density at radius 3 is 2.64 bits per heavy atom. The molecule has 2 aromatic carbocycles. The molecule has 0 bridgehead atoms. The van der Waals surface area contributed by atoms with Gasteiger partial charge in [0.2, 0.25) is 0 Å². The van der Waals surface area contributed by atoms with E-state index < -0.39 is 0 Å². The second-order valence-corrected chi connectivity index (χ2v) is 6.32. The van der Waals surface area contributed by atoms with Crippen molar-refractivity contribution in [2.24, 2.45) is 0 Å². The van der Waals surface area contributed by atoms with Crippen molar-refractivity contribution in [3.8, 4) is 6.07 Å². The van der Waals surface area contributed by atoms with Gasteiger partial charge in [0.1, 0.15) is 22.4 Å². The van der Waals surface area contributed by atoms with Crippen LogP contribution in [0.25, 0.3) is 21.5 Å². The van der Waals surface area contributed by atoms with Crippen LogP contribution in [0.15, 0.2) is 42.5 Å². The second kappa shape index (κ2) is 5.98. The zero-order chi connectivity index (χ0) is 15.7. The molecule has 0 unspecified atom stereocenters. The van der Waals surface area contributed by atoms with Crippen molar-refractivity contribution < 1.29 is 5.11 Å². The fourth-order valence-corrected chi connectivity index (χ4v) is 3.46. The molecule has 22 heavy (non-hydrogen) atoms. The number of nitrogens with zero attached hydrogens (tertiary/aromatic N) is 2. The zero-order valence-electron chi connectivity index (χ0n) is 11.0. The van der Waals surface area contributed by atoms with Crippen LogP contribution < -0.4 is 0 Å². The molecule has 1 heterocycles. The highest BCUT2D eigenvalue weighted by Crippen LogP contribution is 2.33. The van der Waals surface area contributed by atoms with Crippen LogP contribution in [0.2, 0.25) is 10.0 Å². The summed E-state index contributed by atoms with van der Waals surface area (Å²) in [4.78, 5) is 4.39. The van der Waals surface area contributed by atoms with Crippen molar-refractivity contribution in [1.29, 1.82) is 5.26 Å². The molecule has 0 saturated heterocycles. The van der Waals surface area contributed by atoms with Crippen LogP contribution in [0.4, 0.5) is 0 Å². The van der Waals surface area contributed by atoms with E-state index in [4.69, 9.17) is 23.2 Å². The number of hydrogen-bond donors (Lipinski definition) is 1. The Kier molecular flexibility index (Phi) is 4.04. The maximum Gasteiger partial charge on any atom is 0.145 e. The highest BCUT2D eigenvalue weighted by Gasteiger charge is 2.17. The third kappa shape index (κ3) is 2.67. The maximum absolute atomic E-state index is 10.4. The lowest BCUT2D eigenvalue weighted by atomic mass is 10.1. The number of fused-ring (bicyclic) bond motifs is 1. The van der Waals surface area contributed by atoms with Crippen LogP contribution in [0, 0.1) is 11.3 Å². The summed E-state index contributed by atoms with van der Waals surface area (Å²) in [6, 6.07) is 14.2. The molecule has 0 aliphatic carbocycles. The predicted molar refractivity (Wildman–Crippen MR) is 91.1 cm³/mol. The number of rotatable bonds is 2. The van der Waals surface area contributed by atoms with Gasteiger partial charge in [-0.3, -0.25) is 0 Å². The van der Waals surface area contributed by atoms with Gasteiger partial charge < -0.3 is 5.11 Å². The molecule has 1 aromatic heterocycles. The lowest BCUT2D eigenvalue weighted by Crippen LogP contribution is -1.91. The van der Waals surface area contributed by atoms with Gasteiger partial charge in [0.25, 0.3) is 0 Å². The standard InChI is InChI=1S/C16H8Cl2N2OS/c17-9-5-6-10(12(18)7-9)15(21)11(8-19)16-20-13-3-1-2-4-14(13)22-16/h1-7,21H/b15-11-. The summed E-state index contributed by atoms with van der Waals surface area (Å²) in [5, 5.41) is 21.0. The van der Waals surface area contributed by atoms with Gasteiger partial charge in [-0.25, -0.2) is 4.98 Å². The number of nitriles is 1. The molecule has 0 atom stereocenters. The average Bonchev–Trinajstić information content (AvgIpc) is 2.91. The van der Waals surface area contributed by atoms with Crippen molar-refractivity contribution in [2.45, 2.75) is 0 Å². The topological polar surface area (TPSA) is 56.9 Å². The van der Waals surface area contributed by atoms with Crippen LogP contribution in [0.5, 0.6) is 0 Å². The predicted octanol–water partition coefficient (Wildman–Crippen LogP) is 5.55. The molecule has 1 N–H and O–H groups in total. The van der Waals surface area contributed by atoms with E-state index in [0.717, 1.165) is 10.2 Å².